The van der Waals surface area contributed by atoms with Crippen LogP contribution in [0.2, 0.25) is 5.02 Å². The summed E-state index contributed by atoms with van der Waals surface area (Å²) in [5, 5.41) is 4.81. The Kier molecular flexibility index (Phi) is 4.59. The third kappa shape index (κ3) is 3.46. The number of nitrogens with zero attached hydrogens (tertiary/aromatic N) is 1. The number of hydrogen-bond acceptors (Lipinski definition) is 2. The number of rotatable bonds is 2. The van der Waals surface area contributed by atoms with Crippen molar-refractivity contribution in [1.82, 2.24) is 5.43 Å². The highest BCUT2D eigenvalue weighted by Gasteiger charge is 2.30. The maximum atomic E-state index is 12.1. The van der Waals surface area contributed by atoms with Crippen LogP contribution >= 0.6 is 11.6 Å². The number of fused-ring (bicyclic) bond motifs is 1. The molecule has 0 unspecified atom stereocenters. The van der Waals surface area contributed by atoms with Crippen molar-refractivity contribution in [2.45, 2.75) is 44.9 Å². The van der Waals surface area contributed by atoms with Crippen molar-refractivity contribution in [3.63, 3.8) is 0 Å². The number of nitrogens with one attached hydrogen (secondary N) is 1. The van der Waals surface area contributed by atoms with E-state index in [0.29, 0.717) is 10.6 Å². The van der Waals surface area contributed by atoms with Crippen LogP contribution in [0, 0.1) is 11.8 Å². The minimum Gasteiger partial charge on any atom is -0.267 e. The highest BCUT2D eigenvalue weighted by atomic mass is 35.5. The van der Waals surface area contributed by atoms with E-state index in [1.807, 2.05) is 6.07 Å². The lowest BCUT2D eigenvalue weighted by Gasteiger charge is -2.35. The van der Waals surface area contributed by atoms with Crippen LogP contribution in [0.4, 0.5) is 0 Å². The van der Waals surface area contributed by atoms with Crippen molar-refractivity contribution in [2.75, 3.05) is 0 Å². The summed E-state index contributed by atoms with van der Waals surface area (Å²) in [5.74, 6) is 1.44. The van der Waals surface area contributed by atoms with Crippen molar-refractivity contribution < 1.29 is 4.79 Å². The molecule has 21 heavy (non-hydrogen) atoms. The van der Waals surface area contributed by atoms with Gasteiger partial charge in [0.15, 0.2) is 0 Å². The van der Waals surface area contributed by atoms with E-state index >= 15 is 0 Å². The predicted molar refractivity (Wildman–Crippen MR) is 85.7 cm³/mol. The highest BCUT2D eigenvalue weighted by Crippen LogP contribution is 2.39. The van der Waals surface area contributed by atoms with E-state index in [4.69, 9.17) is 11.6 Å². The van der Waals surface area contributed by atoms with Crippen LogP contribution in [0.3, 0.4) is 0 Å². The second kappa shape index (κ2) is 6.61. The van der Waals surface area contributed by atoms with Crippen molar-refractivity contribution in [3.05, 3.63) is 34.9 Å². The fraction of sp³-hybridized carbons (Fsp3) is 0.529. The Bertz CT molecular complexity index is 555. The molecule has 112 valence electrons. The van der Waals surface area contributed by atoms with E-state index in [9.17, 15) is 4.79 Å². The van der Waals surface area contributed by atoms with Gasteiger partial charge < -0.3 is 0 Å². The van der Waals surface area contributed by atoms with Crippen molar-refractivity contribution in [3.8, 4) is 0 Å². The van der Waals surface area contributed by atoms with Crippen LogP contribution in [-0.4, -0.2) is 11.6 Å². The van der Waals surface area contributed by atoms with Crippen LogP contribution in [0.25, 0.3) is 0 Å². The van der Waals surface area contributed by atoms with E-state index < -0.39 is 0 Å². The quantitative estimate of drug-likeness (QED) is 0.808. The molecule has 0 radical (unpaired) electrons. The van der Waals surface area contributed by atoms with Gasteiger partial charge in [0.05, 0.1) is 10.6 Å². The summed E-state index contributed by atoms with van der Waals surface area (Å²) in [6, 6.07) is 7.06. The fourth-order valence-corrected chi connectivity index (χ4v) is 3.85. The van der Waals surface area contributed by atoms with Crippen molar-refractivity contribution in [2.24, 2.45) is 16.9 Å². The Balaban J connectivity index is 1.61. The van der Waals surface area contributed by atoms with Crippen molar-refractivity contribution in [1.29, 1.82) is 0 Å². The van der Waals surface area contributed by atoms with Crippen molar-refractivity contribution >= 4 is 23.2 Å². The molecule has 0 spiro atoms. The molecule has 4 heteroatoms. The van der Waals surface area contributed by atoms with Gasteiger partial charge in [-0.25, -0.2) is 5.43 Å². The molecule has 1 amide bonds. The summed E-state index contributed by atoms with van der Waals surface area (Å²) in [6.07, 6.45) is 8.73. The van der Waals surface area contributed by atoms with Gasteiger partial charge in [-0.3, -0.25) is 4.79 Å². The molecule has 0 aromatic heterocycles. The lowest BCUT2D eigenvalue weighted by molar-refractivity contribution is 0.0954. The molecule has 2 saturated carbocycles. The number of carbonyl (C=O) groups is 1. The molecule has 2 aliphatic rings. The highest BCUT2D eigenvalue weighted by molar-refractivity contribution is 6.33. The van der Waals surface area contributed by atoms with Gasteiger partial charge in [-0.2, -0.15) is 5.10 Å². The number of halogens is 1. The molecule has 1 N–H and O–H groups in total. The van der Waals surface area contributed by atoms with Gasteiger partial charge in [-0.15, -0.1) is 0 Å². The summed E-state index contributed by atoms with van der Waals surface area (Å²) >= 11 is 6.02. The average molecular weight is 305 g/mol. The SMILES string of the molecule is O=C(N/N=C1/CC[C@H]2CCCC[C@H]2C1)c1ccccc1Cl. The molecule has 2 atom stereocenters. The predicted octanol–water partition coefficient (Wildman–Crippen LogP) is 4.42. The topological polar surface area (TPSA) is 41.5 Å². The molecule has 0 aliphatic heterocycles. The van der Waals surface area contributed by atoms with Gasteiger partial charge in [-0.05, 0) is 49.7 Å². The van der Waals surface area contributed by atoms with Crippen LogP contribution in [-0.2, 0) is 0 Å². The molecular formula is C17H21ClN2O. The van der Waals surface area contributed by atoms with E-state index in [2.05, 4.69) is 10.5 Å². The van der Waals surface area contributed by atoms with Gasteiger partial charge in [0.2, 0.25) is 0 Å². The largest absolute Gasteiger partial charge is 0.272 e. The van der Waals surface area contributed by atoms with E-state index in [-0.39, 0.29) is 5.91 Å². The number of benzene rings is 1. The fourth-order valence-electron chi connectivity index (χ4n) is 3.63. The minimum atomic E-state index is -0.223. The monoisotopic (exact) mass is 304 g/mol. The summed E-state index contributed by atoms with van der Waals surface area (Å²) in [6.45, 7) is 0. The first-order valence-electron chi connectivity index (χ1n) is 7.84. The molecule has 3 nitrogen and oxygen atoms in total. The summed E-state index contributed by atoms with van der Waals surface area (Å²) in [7, 11) is 0. The van der Waals surface area contributed by atoms with Crippen LogP contribution in [0.5, 0.6) is 0 Å². The number of amides is 1. The smallest absolute Gasteiger partial charge is 0.267 e. The Morgan fingerprint density at radius 2 is 1.90 bits per heavy atom. The normalized spacial score (nSPS) is 27.2. The first-order chi connectivity index (χ1) is 10.2. The zero-order chi connectivity index (χ0) is 14.7. The Morgan fingerprint density at radius 3 is 2.71 bits per heavy atom. The van der Waals surface area contributed by atoms with Gasteiger partial charge in [-0.1, -0.05) is 43.0 Å². The van der Waals surface area contributed by atoms with Gasteiger partial charge >= 0.3 is 0 Å². The van der Waals surface area contributed by atoms with Crippen LogP contribution in [0.15, 0.2) is 29.4 Å². The third-order valence-electron chi connectivity index (χ3n) is 4.80. The Labute approximate surface area is 130 Å². The molecule has 0 heterocycles. The van der Waals surface area contributed by atoms with Crippen LogP contribution in [0.1, 0.15) is 55.3 Å². The zero-order valence-corrected chi connectivity index (χ0v) is 12.9. The molecule has 2 aliphatic carbocycles. The lowest BCUT2D eigenvalue weighted by atomic mass is 9.70. The molecule has 3 rings (SSSR count). The Hall–Kier alpha value is -1.35. The third-order valence-corrected chi connectivity index (χ3v) is 5.13. The van der Waals surface area contributed by atoms with E-state index in [0.717, 1.165) is 30.4 Å². The first-order valence-corrected chi connectivity index (χ1v) is 8.22. The second-order valence-corrected chi connectivity index (χ2v) is 6.55. The molecule has 1 aromatic rings. The maximum absolute atomic E-state index is 12.1. The van der Waals surface area contributed by atoms with Gasteiger partial charge in [0, 0.05) is 5.71 Å². The molecule has 2 fully saturated rings. The molecular weight excluding hydrogens is 284 g/mol. The lowest BCUT2D eigenvalue weighted by Crippen LogP contribution is -2.29. The standard InChI is InChI=1S/C17H21ClN2O/c18-16-8-4-3-7-15(16)17(21)20-19-14-10-9-12-5-1-2-6-13(12)11-14/h3-4,7-8,12-13H,1-2,5-6,9-11H2,(H,20,21)/b19-14-/t12-,13+/m1/s1. The van der Waals surface area contributed by atoms with E-state index in [1.165, 1.54) is 32.1 Å². The van der Waals surface area contributed by atoms with Gasteiger partial charge in [0.25, 0.3) is 5.91 Å². The zero-order valence-electron chi connectivity index (χ0n) is 12.1. The second-order valence-electron chi connectivity index (χ2n) is 6.15. The number of carbonyl (C=O) groups excluding carboxylic acids is 1. The average Bonchev–Trinajstić information content (AvgIpc) is 2.53. The van der Waals surface area contributed by atoms with Gasteiger partial charge in [0.1, 0.15) is 0 Å². The summed E-state index contributed by atoms with van der Waals surface area (Å²) in [5.41, 5.74) is 4.29. The maximum Gasteiger partial charge on any atom is 0.272 e. The summed E-state index contributed by atoms with van der Waals surface area (Å²) in [4.78, 5) is 12.1. The first kappa shape index (κ1) is 14.6. The van der Waals surface area contributed by atoms with E-state index in [1.54, 1.807) is 18.2 Å². The molecule has 0 bridgehead atoms. The molecule has 1 aromatic carbocycles. The minimum absolute atomic E-state index is 0.223. The number of hydrogen-bond donors (Lipinski definition) is 1. The van der Waals surface area contributed by atoms with Crippen LogP contribution < -0.4 is 5.43 Å². The number of hydrazone groups is 1. The Morgan fingerprint density at radius 1 is 1.14 bits per heavy atom. The molecule has 0 saturated heterocycles. The summed E-state index contributed by atoms with van der Waals surface area (Å²) < 4.78 is 0.